The molecule has 5 aromatic rings. The summed E-state index contributed by atoms with van der Waals surface area (Å²) < 4.78 is 21.5. The van der Waals surface area contributed by atoms with Crippen LogP contribution in [-0.4, -0.2) is 104 Å². The van der Waals surface area contributed by atoms with E-state index in [0.717, 1.165) is 47.8 Å². The van der Waals surface area contributed by atoms with Gasteiger partial charge in [-0.25, -0.2) is 14.2 Å². The van der Waals surface area contributed by atoms with E-state index in [1.807, 2.05) is 22.4 Å². The molecular formula is C41H48FN5O8S2. The van der Waals surface area contributed by atoms with Crippen LogP contribution in [-0.2, 0) is 22.5 Å². The summed E-state index contributed by atoms with van der Waals surface area (Å²) in [4.78, 5) is 46.4. The third-order valence-corrected chi connectivity index (χ3v) is 12.3. The van der Waals surface area contributed by atoms with Crippen molar-refractivity contribution in [3.8, 4) is 5.75 Å². The van der Waals surface area contributed by atoms with Gasteiger partial charge in [-0.2, -0.15) is 0 Å². The first-order valence-electron chi connectivity index (χ1n) is 18.9. The number of phenolic OH excluding ortho intramolecular Hbond substituents is 1. The number of benzene rings is 3. The number of hydrogen-bond acceptors (Lipinski definition) is 12. The van der Waals surface area contributed by atoms with Gasteiger partial charge in [0, 0.05) is 49.6 Å². The molecule has 57 heavy (non-hydrogen) atoms. The maximum Gasteiger partial charge on any atom is 0.337 e. The third kappa shape index (κ3) is 10.5. The van der Waals surface area contributed by atoms with Gasteiger partial charge >= 0.3 is 10.8 Å². The number of aliphatic carboxylic acids is 1. The molecule has 1 amide bonds. The molecule has 2 fully saturated rings. The van der Waals surface area contributed by atoms with Crippen LogP contribution in [0.1, 0.15) is 82.6 Å². The Morgan fingerprint density at radius 3 is 2.53 bits per heavy atom. The second-order valence-electron chi connectivity index (χ2n) is 14.7. The van der Waals surface area contributed by atoms with Gasteiger partial charge in [0.2, 0.25) is 0 Å². The Balaban J connectivity index is 0.000000432. The quantitative estimate of drug-likeness (QED) is 0.0910. The van der Waals surface area contributed by atoms with E-state index in [1.54, 1.807) is 36.4 Å². The van der Waals surface area contributed by atoms with Crippen molar-refractivity contribution in [2.45, 2.75) is 63.4 Å². The number of carbonyl (C=O) groups is 2. The summed E-state index contributed by atoms with van der Waals surface area (Å²) in [5.41, 5.74) is 3.10. The zero-order valence-corrected chi connectivity index (χ0v) is 33.5. The summed E-state index contributed by atoms with van der Waals surface area (Å²) in [6, 6.07) is 16.6. The number of nitrogens with one attached hydrogen (secondary N) is 2. The van der Waals surface area contributed by atoms with Gasteiger partial charge in [-0.1, -0.05) is 73.7 Å². The summed E-state index contributed by atoms with van der Waals surface area (Å²) in [5.74, 6) is -1.25. The van der Waals surface area contributed by atoms with Crippen LogP contribution in [0.2, 0.25) is 0 Å². The number of likely N-dealkylation sites (tertiary alicyclic amines) is 1. The number of carbonyl (C=O) groups excluding carboxylic acids is 1. The lowest BCUT2D eigenvalue weighted by Gasteiger charge is -2.47. The van der Waals surface area contributed by atoms with Crippen molar-refractivity contribution in [1.82, 2.24) is 25.1 Å². The summed E-state index contributed by atoms with van der Waals surface area (Å²) in [6.45, 7) is 8.84. The number of rotatable bonds is 12. The molecule has 3 aromatic carbocycles. The van der Waals surface area contributed by atoms with Crippen molar-refractivity contribution in [3.05, 3.63) is 114 Å². The van der Waals surface area contributed by atoms with Gasteiger partial charge in [-0.05, 0) is 54.6 Å². The molecule has 0 aliphatic carbocycles. The monoisotopic (exact) mass is 821 g/mol. The summed E-state index contributed by atoms with van der Waals surface area (Å²) in [6.07, 6.45) is -0.211. The Labute approximate surface area is 337 Å². The number of thiazole rings is 2. The number of carboxylic acids is 1. The van der Waals surface area contributed by atoms with E-state index in [-0.39, 0.29) is 34.5 Å². The fourth-order valence-corrected chi connectivity index (χ4v) is 8.81. The Morgan fingerprint density at radius 1 is 1.07 bits per heavy atom. The number of aromatic amines is 1. The standard InChI is InChI=1S/C33H40FN5O5S2.C8H8O3/c1-20(2)30-36-25(18-45-30)31(42)39-13-14-44-33(19-39)8-11-38(12-9-33)17-21-3-5-24(34)22(15-21)7-10-35-16-27(41)23-4-6-26(40)28-29(23)46-32(43)37-28;9-7(8(10)11)6-4-2-1-3-5-6/h3-6,15,18,20,27,35,40-41H,7-14,16-17,19H2,1-2H3,(H,37,43);1-5,7,9H,(H,10,11)/t27-;/m0./s1. The second kappa shape index (κ2) is 18.8. The molecule has 1 spiro atoms. The number of aromatic hydroxyl groups is 1. The van der Waals surface area contributed by atoms with E-state index in [2.05, 4.69) is 34.0 Å². The number of amides is 1. The van der Waals surface area contributed by atoms with Crippen molar-refractivity contribution in [2.24, 2.45) is 0 Å². The number of nitrogens with zero attached hydrogens (tertiary/aromatic N) is 3. The minimum atomic E-state index is -1.41. The predicted octanol–water partition coefficient (Wildman–Crippen LogP) is 5.19. The van der Waals surface area contributed by atoms with Crippen LogP contribution >= 0.6 is 22.7 Å². The highest BCUT2D eigenvalue weighted by atomic mass is 32.1. The van der Waals surface area contributed by atoms with Gasteiger partial charge in [-0.3, -0.25) is 14.5 Å². The van der Waals surface area contributed by atoms with Crippen molar-refractivity contribution >= 4 is 44.8 Å². The van der Waals surface area contributed by atoms with Gasteiger partial charge in [0.15, 0.2) is 6.10 Å². The van der Waals surface area contributed by atoms with Gasteiger partial charge in [-0.15, -0.1) is 11.3 Å². The first kappa shape index (κ1) is 42.1. The number of aromatic nitrogens is 2. The first-order valence-corrected chi connectivity index (χ1v) is 20.6. The van der Waals surface area contributed by atoms with E-state index in [4.69, 9.17) is 14.9 Å². The molecule has 16 heteroatoms. The molecule has 7 rings (SSSR count). The topological polar surface area (TPSA) is 189 Å². The van der Waals surface area contributed by atoms with Crippen LogP contribution in [0.3, 0.4) is 0 Å². The zero-order valence-electron chi connectivity index (χ0n) is 31.8. The van der Waals surface area contributed by atoms with Crippen LogP contribution in [0.4, 0.5) is 4.39 Å². The molecule has 0 saturated carbocycles. The molecule has 2 saturated heterocycles. The molecule has 2 aliphatic heterocycles. The van der Waals surface area contributed by atoms with Gasteiger partial charge in [0.25, 0.3) is 5.91 Å². The second-order valence-corrected chi connectivity index (χ2v) is 16.6. The molecular weight excluding hydrogens is 774 g/mol. The third-order valence-electron chi connectivity index (χ3n) is 10.3. The number of phenols is 1. The predicted molar refractivity (Wildman–Crippen MR) is 216 cm³/mol. The van der Waals surface area contributed by atoms with Gasteiger partial charge in [0.1, 0.15) is 22.8 Å². The molecule has 304 valence electrons. The molecule has 1 unspecified atom stereocenters. The number of halogens is 1. The highest BCUT2D eigenvalue weighted by Crippen LogP contribution is 2.33. The van der Waals surface area contributed by atoms with Crippen LogP contribution in [0, 0.1) is 5.82 Å². The first-order chi connectivity index (χ1) is 27.3. The van der Waals surface area contributed by atoms with E-state index in [1.165, 1.54) is 23.5 Å². The number of hydrogen-bond donors (Lipinski definition) is 6. The van der Waals surface area contributed by atoms with Crippen LogP contribution in [0.15, 0.2) is 70.8 Å². The lowest BCUT2D eigenvalue weighted by molar-refractivity contribution is -0.146. The normalized spacial score (nSPS) is 16.7. The maximum atomic E-state index is 14.7. The Morgan fingerprint density at radius 2 is 1.82 bits per heavy atom. The zero-order chi connectivity index (χ0) is 40.7. The highest BCUT2D eigenvalue weighted by molar-refractivity contribution is 7.16. The number of ether oxygens (including phenoxy) is 1. The lowest BCUT2D eigenvalue weighted by atomic mass is 9.89. The Hall–Kier alpha value is -4.55. The van der Waals surface area contributed by atoms with Crippen molar-refractivity contribution < 1.29 is 39.1 Å². The number of piperidine rings is 1. The fourth-order valence-electron chi connectivity index (χ4n) is 7.08. The van der Waals surface area contributed by atoms with Crippen molar-refractivity contribution in [2.75, 3.05) is 45.9 Å². The largest absolute Gasteiger partial charge is 0.506 e. The molecule has 2 atom stereocenters. The van der Waals surface area contributed by atoms with Crippen molar-refractivity contribution in [1.29, 1.82) is 0 Å². The van der Waals surface area contributed by atoms with Crippen LogP contribution in [0.25, 0.3) is 10.2 Å². The average molecular weight is 822 g/mol. The Bertz CT molecular complexity index is 2200. The van der Waals surface area contributed by atoms with E-state index in [0.29, 0.717) is 77.7 Å². The van der Waals surface area contributed by atoms with Crippen molar-refractivity contribution in [3.63, 3.8) is 0 Å². The van der Waals surface area contributed by atoms with E-state index >= 15 is 0 Å². The molecule has 13 nitrogen and oxygen atoms in total. The molecule has 4 heterocycles. The number of carboxylic acid groups (broad SMARTS) is 1. The summed E-state index contributed by atoms with van der Waals surface area (Å²) in [7, 11) is 0. The maximum absolute atomic E-state index is 14.7. The average Bonchev–Trinajstić information content (AvgIpc) is 3.87. The number of morpholine rings is 1. The molecule has 2 aromatic heterocycles. The van der Waals surface area contributed by atoms with Crippen LogP contribution in [0.5, 0.6) is 5.75 Å². The summed E-state index contributed by atoms with van der Waals surface area (Å²) >= 11 is 2.48. The number of aliphatic hydroxyl groups is 2. The van der Waals surface area contributed by atoms with Crippen LogP contribution < -0.4 is 10.2 Å². The molecule has 0 bridgehead atoms. The number of aliphatic hydroxyl groups excluding tert-OH is 2. The molecule has 0 radical (unpaired) electrons. The van der Waals surface area contributed by atoms with E-state index in [9.17, 15) is 29.0 Å². The Kier molecular flexibility index (Phi) is 13.9. The minimum absolute atomic E-state index is 0.0206. The smallest absolute Gasteiger partial charge is 0.337 e. The highest BCUT2D eigenvalue weighted by Gasteiger charge is 2.41. The lowest BCUT2D eigenvalue weighted by Crippen LogP contribution is -2.58. The SMILES string of the molecule is CC(C)c1nc(C(=O)N2CCOC3(CCN(Cc4ccc(F)c(CCNC[C@H](O)c5ccc(O)c6[nH]c(=O)sc56)c4)CC3)C2)cs1.O=C(O)C(O)c1ccccc1. The van der Waals surface area contributed by atoms with E-state index < -0.39 is 18.2 Å². The fraction of sp³-hybridized carbons (Fsp3) is 0.415. The van der Waals surface area contributed by atoms with Gasteiger partial charge in [0.05, 0.1) is 34.6 Å². The van der Waals surface area contributed by atoms with Gasteiger partial charge < -0.3 is 40.4 Å². The minimum Gasteiger partial charge on any atom is -0.506 e. The summed E-state index contributed by atoms with van der Waals surface area (Å²) in [5, 5.41) is 44.1. The molecule has 2 aliphatic rings. The number of H-pyrrole nitrogens is 1. The number of fused-ring (bicyclic) bond motifs is 1. The molecule has 6 N–H and O–H groups in total.